The SMILES string of the molecule is O=C(NC1CC=CC1)NC(Cc1cnc[nH]1)C(=O)O. The highest BCUT2D eigenvalue weighted by molar-refractivity contribution is 5.82. The Morgan fingerprint density at radius 3 is 2.79 bits per heavy atom. The number of hydrogen-bond acceptors (Lipinski definition) is 3. The van der Waals surface area contributed by atoms with E-state index in [1.54, 1.807) is 0 Å². The molecule has 4 N–H and O–H groups in total. The van der Waals surface area contributed by atoms with E-state index < -0.39 is 18.0 Å². The van der Waals surface area contributed by atoms with Crippen LogP contribution in [-0.4, -0.2) is 39.2 Å². The van der Waals surface area contributed by atoms with Gasteiger partial charge in [-0.15, -0.1) is 0 Å². The van der Waals surface area contributed by atoms with Gasteiger partial charge in [0.1, 0.15) is 6.04 Å². The smallest absolute Gasteiger partial charge is 0.326 e. The molecule has 0 aliphatic heterocycles. The fourth-order valence-electron chi connectivity index (χ4n) is 1.94. The highest BCUT2D eigenvalue weighted by atomic mass is 16.4. The Hall–Kier alpha value is -2.31. The van der Waals surface area contributed by atoms with Gasteiger partial charge in [-0.1, -0.05) is 12.2 Å². The summed E-state index contributed by atoms with van der Waals surface area (Å²) < 4.78 is 0. The van der Waals surface area contributed by atoms with Gasteiger partial charge < -0.3 is 20.7 Å². The van der Waals surface area contributed by atoms with E-state index in [0.29, 0.717) is 5.69 Å². The number of nitrogens with zero attached hydrogens (tertiary/aromatic N) is 1. The number of aromatic amines is 1. The molecular weight excluding hydrogens is 248 g/mol. The molecule has 102 valence electrons. The van der Waals surface area contributed by atoms with Crippen molar-refractivity contribution in [3.63, 3.8) is 0 Å². The molecule has 1 aromatic heterocycles. The minimum absolute atomic E-state index is 0.0570. The van der Waals surface area contributed by atoms with Crippen LogP contribution in [0.4, 0.5) is 4.79 Å². The molecule has 0 saturated carbocycles. The zero-order chi connectivity index (χ0) is 13.7. The van der Waals surface area contributed by atoms with Crippen LogP contribution < -0.4 is 10.6 Å². The maximum atomic E-state index is 11.7. The summed E-state index contributed by atoms with van der Waals surface area (Å²) in [5, 5.41) is 14.3. The topological polar surface area (TPSA) is 107 Å². The first-order chi connectivity index (χ1) is 9.15. The second kappa shape index (κ2) is 6.03. The fourth-order valence-corrected chi connectivity index (χ4v) is 1.94. The molecule has 0 bridgehead atoms. The third-order valence-electron chi connectivity index (χ3n) is 2.93. The summed E-state index contributed by atoms with van der Waals surface area (Å²) in [7, 11) is 0. The van der Waals surface area contributed by atoms with Gasteiger partial charge in [0.25, 0.3) is 0 Å². The Morgan fingerprint density at radius 1 is 1.47 bits per heavy atom. The van der Waals surface area contributed by atoms with Crippen molar-refractivity contribution in [2.24, 2.45) is 0 Å². The lowest BCUT2D eigenvalue weighted by Crippen LogP contribution is -2.49. The van der Waals surface area contributed by atoms with Gasteiger partial charge in [-0.25, -0.2) is 14.6 Å². The first-order valence-corrected chi connectivity index (χ1v) is 6.07. The lowest BCUT2D eigenvalue weighted by molar-refractivity contribution is -0.139. The largest absolute Gasteiger partial charge is 0.480 e. The average molecular weight is 264 g/mol. The zero-order valence-electron chi connectivity index (χ0n) is 10.3. The minimum atomic E-state index is -1.07. The molecule has 1 aliphatic carbocycles. The van der Waals surface area contributed by atoms with E-state index in [9.17, 15) is 9.59 Å². The Bertz CT molecular complexity index is 461. The predicted octanol–water partition coefficient (Wildman–Crippen LogP) is 0.423. The van der Waals surface area contributed by atoms with E-state index in [0.717, 1.165) is 12.8 Å². The Morgan fingerprint density at radius 2 is 2.21 bits per heavy atom. The molecular formula is C12H16N4O3. The summed E-state index contributed by atoms with van der Waals surface area (Å²) >= 11 is 0. The van der Waals surface area contributed by atoms with E-state index in [2.05, 4.69) is 20.6 Å². The molecule has 1 aliphatic rings. The maximum absolute atomic E-state index is 11.7. The van der Waals surface area contributed by atoms with Crippen molar-refractivity contribution in [2.45, 2.75) is 31.3 Å². The minimum Gasteiger partial charge on any atom is -0.480 e. The van der Waals surface area contributed by atoms with E-state index in [1.165, 1.54) is 12.5 Å². The maximum Gasteiger partial charge on any atom is 0.326 e. The van der Waals surface area contributed by atoms with E-state index in [-0.39, 0.29) is 12.5 Å². The van der Waals surface area contributed by atoms with Crippen molar-refractivity contribution in [1.29, 1.82) is 0 Å². The van der Waals surface area contributed by atoms with E-state index in [4.69, 9.17) is 5.11 Å². The number of carboxylic acids is 1. The van der Waals surface area contributed by atoms with Crippen LogP contribution in [0.1, 0.15) is 18.5 Å². The standard InChI is InChI=1S/C12H16N4O3/c17-11(18)10(5-9-6-13-7-14-9)16-12(19)15-8-3-1-2-4-8/h1-2,6-8,10H,3-5H2,(H,13,14)(H,17,18)(H2,15,16,19). The number of rotatable bonds is 5. The predicted molar refractivity (Wildman–Crippen MR) is 67.5 cm³/mol. The molecule has 2 rings (SSSR count). The zero-order valence-corrected chi connectivity index (χ0v) is 10.3. The van der Waals surface area contributed by atoms with Crippen molar-refractivity contribution < 1.29 is 14.7 Å². The van der Waals surface area contributed by atoms with Gasteiger partial charge in [0.2, 0.25) is 0 Å². The van der Waals surface area contributed by atoms with Crippen molar-refractivity contribution in [2.75, 3.05) is 0 Å². The molecule has 7 heteroatoms. The van der Waals surface area contributed by atoms with Crippen LogP contribution in [0, 0.1) is 0 Å². The van der Waals surface area contributed by atoms with Gasteiger partial charge in [0.05, 0.1) is 6.33 Å². The lowest BCUT2D eigenvalue weighted by Gasteiger charge is -2.17. The van der Waals surface area contributed by atoms with Crippen LogP contribution >= 0.6 is 0 Å². The molecule has 1 unspecified atom stereocenters. The second-order valence-corrected chi connectivity index (χ2v) is 4.43. The number of urea groups is 1. The van der Waals surface area contributed by atoms with Gasteiger partial charge >= 0.3 is 12.0 Å². The molecule has 1 aromatic rings. The molecule has 1 atom stereocenters. The van der Waals surface area contributed by atoms with Gasteiger partial charge in [0.15, 0.2) is 0 Å². The van der Waals surface area contributed by atoms with Gasteiger partial charge in [-0.3, -0.25) is 0 Å². The molecule has 1 heterocycles. The van der Waals surface area contributed by atoms with E-state index >= 15 is 0 Å². The van der Waals surface area contributed by atoms with Crippen LogP contribution in [0.15, 0.2) is 24.7 Å². The Kier molecular flexibility index (Phi) is 4.17. The molecule has 0 aromatic carbocycles. The number of carbonyl (C=O) groups is 2. The normalized spacial score (nSPS) is 16.2. The summed E-state index contributed by atoms with van der Waals surface area (Å²) in [6.45, 7) is 0. The van der Waals surface area contributed by atoms with Crippen molar-refractivity contribution in [1.82, 2.24) is 20.6 Å². The molecule has 2 amide bonds. The third kappa shape index (κ3) is 3.84. The summed E-state index contributed by atoms with van der Waals surface area (Å²) in [6.07, 6.45) is 8.73. The summed E-state index contributed by atoms with van der Waals surface area (Å²) in [5.74, 6) is -1.07. The first-order valence-electron chi connectivity index (χ1n) is 6.07. The first kappa shape index (κ1) is 13.1. The van der Waals surface area contributed by atoms with Crippen molar-refractivity contribution in [3.05, 3.63) is 30.4 Å². The van der Waals surface area contributed by atoms with Crippen LogP contribution in [-0.2, 0) is 11.2 Å². The molecule has 0 saturated heterocycles. The molecule has 7 nitrogen and oxygen atoms in total. The van der Waals surface area contributed by atoms with Crippen molar-refractivity contribution in [3.8, 4) is 0 Å². The Labute approximate surface area is 110 Å². The van der Waals surface area contributed by atoms with Crippen LogP contribution in [0.2, 0.25) is 0 Å². The number of aliphatic carboxylic acids is 1. The number of aromatic nitrogens is 2. The van der Waals surface area contributed by atoms with Crippen LogP contribution in [0.5, 0.6) is 0 Å². The number of amides is 2. The summed E-state index contributed by atoms with van der Waals surface area (Å²) in [4.78, 5) is 29.4. The number of nitrogens with one attached hydrogen (secondary N) is 3. The van der Waals surface area contributed by atoms with Crippen LogP contribution in [0.25, 0.3) is 0 Å². The molecule has 0 radical (unpaired) electrons. The molecule has 0 spiro atoms. The average Bonchev–Trinajstić information content (AvgIpc) is 3.00. The highest BCUT2D eigenvalue weighted by Gasteiger charge is 2.22. The molecule has 19 heavy (non-hydrogen) atoms. The summed E-state index contributed by atoms with van der Waals surface area (Å²) in [5.41, 5.74) is 0.662. The third-order valence-corrected chi connectivity index (χ3v) is 2.93. The number of hydrogen-bond donors (Lipinski definition) is 4. The van der Waals surface area contributed by atoms with Gasteiger partial charge in [-0.2, -0.15) is 0 Å². The number of H-pyrrole nitrogens is 1. The Balaban J connectivity index is 1.85. The number of carboxylic acid groups (broad SMARTS) is 1. The number of imidazole rings is 1. The number of carbonyl (C=O) groups excluding carboxylic acids is 1. The highest BCUT2D eigenvalue weighted by Crippen LogP contribution is 2.08. The summed E-state index contributed by atoms with van der Waals surface area (Å²) in [6, 6.07) is -1.38. The van der Waals surface area contributed by atoms with E-state index in [1.807, 2.05) is 12.2 Å². The second-order valence-electron chi connectivity index (χ2n) is 4.43. The fraction of sp³-hybridized carbons (Fsp3) is 0.417. The monoisotopic (exact) mass is 264 g/mol. The van der Waals surface area contributed by atoms with Gasteiger partial charge in [-0.05, 0) is 12.8 Å². The van der Waals surface area contributed by atoms with Crippen LogP contribution in [0.3, 0.4) is 0 Å². The van der Waals surface area contributed by atoms with Gasteiger partial charge in [0, 0.05) is 24.4 Å². The van der Waals surface area contributed by atoms with Crippen molar-refractivity contribution >= 4 is 12.0 Å². The quantitative estimate of drug-likeness (QED) is 0.578. The lowest BCUT2D eigenvalue weighted by atomic mass is 10.1. The molecule has 0 fully saturated rings.